The van der Waals surface area contributed by atoms with E-state index in [-0.39, 0.29) is 0 Å². The summed E-state index contributed by atoms with van der Waals surface area (Å²) in [5, 5.41) is 4.55. The van der Waals surface area contributed by atoms with Crippen molar-refractivity contribution in [3.63, 3.8) is 0 Å². The van der Waals surface area contributed by atoms with Gasteiger partial charge in [0.05, 0.1) is 11.0 Å². The van der Waals surface area contributed by atoms with Gasteiger partial charge in [0.15, 0.2) is 17.5 Å². The third-order valence-corrected chi connectivity index (χ3v) is 9.66. The van der Waals surface area contributed by atoms with Crippen molar-refractivity contribution in [3.8, 4) is 39.9 Å². The molecule has 240 valence electrons. The lowest BCUT2D eigenvalue weighted by Crippen LogP contribution is -2.00. The van der Waals surface area contributed by atoms with Crippen molar-refractivity contribution >= 4 is 43.7 Å². The van der Waals surface area contributed by atoms with Crippen molar-refractivity contribution < 1.29 is 4.42 Å². The number of hydrogen-bond donors (Lipinski definition) is 0. The maximum absolute atomic E-state index is 6.43. The highest BCUT2D eigenvalue weighted by atomic mass is 16.3. The average molecular weight is 655 g/mol. The zero-order chi connectivity index (χ0) is 33.7. The zero-order valence-corrected chi connectivity index (χ0v) is 27.6. The molecule has 0 aliphatic rings. The lowest BCUT2D eigenvalue weighted by molar-refractivity contribution is 0.669. The van der Waals surface area contributed by atoms with Crippen LogP contribution in [0.1, 0.15) is 11.1 Å². The van der Waals surface area contributed by atoms with Crippen molar-refractivity contribution in [1.29, 1.82) is 0 Å². The predicted molar refractivity (Wildman–Crippen MR) is 207 cm³/mol. The molecule has 0 atom stereocenters. The van der Waals surface area contributed by atoms with Gasteiger partial charge in [0.25, 0.3) is 0 Å². The standard InChI is InChI=1S/C46H30N4O/c1-4-13-32(14-5-1)44-47-45(33-15-6-2-7-16-33)49-46(48-44)36-20-12-22-42-43(36)38-29-31(24-26-41(38)51-42)27-30-23-25-40-37(28-30)35-19-10-11-21-39(35)50(40)34-17-8-3-9-18-34/h1-26,28-29H,27H2. The summed E-state index contributed by atoms with van der Waals surface area (Å²) < 4.78 is 8.78. The molecule has 0 aliphatic carbocycles. The topological polar surface area (TPSA) is 56.7 Å². The highest BCUT2D eigenvalue weighted by Crippen LogP contribution is 2.38. The molecule has 0 unspecified atom stereocenters. The molecular weight excluding hydrogens is 625 g/mol. The predicted octanol–water partition coefficient (Wildman–Crippen LogP) is 11.5. The minimum Gasteiger partial charge on any atom is -0.456 e. The number of aromatic nitrogens is 4. The Morgan fingerprint density at radius 2 is 1.02 bits per heavy atom. The number of fused-ring (bicyclic) bond motifs is 6. The van der Waals surface area contributed by atoms with Gasteiger partial charge in [0, 0.05) is 43.9 Å². The van der Waals surface area contributed by atoms with Gasteiger partial charge in [-0.1, -0.05) is 121 Å². The fraction of sp³-hybridized carbons (Fsp3) is 0.0217. The lowest BCUT2D eigenvalue weighted by Gasteiger charge is -2.09. The third-order valence-electron chi connectivity index (χ3n) is 9.66. The van der Waals surface area contributed by atoms with Crippen molar-refractivity contribution in [2.45, 2.75) is 6.42 Å². The minimum absolute atomic E-state index is 0.613. The first-order chi connectivity index (χ1) is 25.3. The average Bonchev–Trinajstić information content (AvgIpc) is 3.74. The van der Waals surface area contributed by atoms with Crippen molar-refractivity contribution in [3.05, 3.63) is 181 Å². The molecule has 0 fully saturated rings. The van der Waals surface area contributed by atoms with E-state index in [0.29, 0.717) is 17.5 Å². The first kappa shape index (κ1) is 29.1. The van der Waals surface area contributed by atoms with Crippen LogP contribution in [0.4, 0.5) is 0 Å². The summed E-state index contributed by atoms with van der Waals surface area (Å²) >= 11 is 0. The van der Waals surface area contributed by atoms with Crippen LogP contribution >= 0.6 is 0 Å². The fourth-order valence-electron chi connectivity index (χ4n) is 7.32. The van der Waals surface area contributed by atoms with E-state index in [9.17, 15) is 0 Å². The second-order valence-corrected chi connectivity index (χ2v) is 12.9. The Hall–Kier alpha value is -6.85. The molecule has 0 spiro atoms. The van der Waals surface area contributed by atoms with Crippen LogP contribution in [-0.4, -0.2) is 19.5 Å². The van der Waals surface area contributed by atoms with Crippen LogP contribution in [0.3, 0.4) is 0 Å². The zero-order valence-electron chi connectivity index (χ0n) is 27.6. The Morgan fingerprint density at radius 1 is 0.431 bits per heavy atom. The molecule has 3 aromatic heterocycles. The first-order valence-corrected chi connectivity index (χ1v) is 17.2. The van der Waals surface area contributed by atoms with Gasteiger partial charge in [0.1, 0.15) is 11.2 Å². The normalized spacial score (nSPS) is 11.6. The Morgan fingerprint density at radius 3 is 1.75 bits per heavy atom. The molecule has 7 aromatic carbocycles. The van der Waals surface area contributed by atoms with Crippen molar-refractivity contribution in [2.75, 3.05) is 0 Å². The van der Waals surface area contributed by atoms with Crippen LogP contribution in [0.5, 0.6) is 0 Å². The van der Waals surface area contributed by atoms with E-state index < -0.39 is 0 Å². The Labute approximate surface area is 294 Å². The van der Waals surface area contributed by atoms with Gasteiger partial charge < -0.3 is 8.98 Å². The van der Waals surface area contributed by atoms with Crippen LogP contribution < -0.4 is 0 Å². The number of rotatable bonds is 6. The van der Waals surface area contributed by atoms with Gasteiger partial charge in [-0.25, -0.2) is 15.0 Å². The third kappa shape index (κ3) is 5.06. The van der Waals surface area contributed by atoms with Gasteiger partial charge in [-0.2, -0.15) is 0 Å². The van der Waals surface area contributed by atoms with E-state index in [4.69, 9.17) is 19.4 Å². The number of furan rings is 1. The van der Waals surface area contributed by atoms with Crippen molar-refractivity contribution in [1.82, 2.24) is 19.5 Å². The van der Waals surface area contributed by atoms with Gasteiger partial charge in [-0.15, -0.1) is 0 Å². The first-order valence-electron chi connectivity index (χ1n) is 17.2. The molecule has 0 saturated heterocycles. The molecule has 0 bridgehead atoms. The summed E-state index contributed by atoms with van der Waals surface area (Å²) in [6, 6.07) is 58.9. The summed E-state index contributed by atoms with van der Waals surface area (Å²) in [7, 11) is 0. The van der Waals surface area contributed by atoms with Crippen LogP contribution in [0.15, 0.2) is 174 Å². The number of nitrogens with zero attached hydrogens (tertiary/aromatic N) is 4. The maximum Gasteiger partial charge on any atom is 0.164 e. The molecule has 0 amide bonds. The monoisotopic (exact) mass is 654 g/mol. The second kappa shape index (κ2) is 11.9. The molecule has 5 heteroatoms. The highest BCUT2D eigenvalue weighted by molar-refractivity contribution is 6.12. The Balaban J connectivity index is 1.09. The van der Waals surface area contributed by atoms with Crippen molar-refractivity contribution in [2.24, 2.45) is 0 Å². The number of hydrogen-bond acceptors (Lipinski definition) is 4. The molecule has 51 heavy (non-hydrogen) atoms. The SMILES string of the molecule is c1ccc(-c2nc(-c3ccccc3)nc(-c3cccc4oc5ccc(Cc6ccc7c(c6)c6ccccc6n7-c6ccccc6)cc5c34)n2)cc1. The molecule has 0 saturated carbocycles. The molecule has 10 aromatic rings. The quantitative estimate of drug-likeness (QED) is 0.179. The fourth-order valence-corrected chi connectivity index (χ4v) is 7.32. The van der Waals surface area contributed by atoms with Crippen LogP contribution in [0.25, 0.3) is 83.6 Å². The number of benzene rings is 7. The summed E-state index contributed by atoms with van der Waals surface area (Å²) in [5.74, 6) is 1.88. The summed E-state index contributed by atoms with van der Waals surface area (Å²) in [5.41, 5.74) is 10.5. The summed E-state index contributed by atoms with van der Waals surface area (Å²) in [6.07, 6.45) is 0.785. The van der Waals surface area contributed by atoms with Gasteiger partial charge in [-0.05, 0) is 66.1 Å². The summed E-state index contributed by atoms with van der Waals surface area (Å²) in [4.78, 5) is 15.0. The van der Waals surface area contributed by atoms with Crippen LogP contribution in [0.2, 0.25) is 0 Å². The smallest absolute Gasteiger partial charge is 0.164 e. The molecule has 10 rings (SSSR count). The molecule has 3 heterocycles. The van der Waals surface area contributed by atoms with Crippen LogP contribution in [-0.2, 0) is 6.42 Å². The van der Waals surface area contributed by atoms with E-state index >= 15 is 0 Å². The Bertz CT molecular complexity index is 2820. The highest BCUT2D eigenvalue weighted by Gasteiger charge is 2.19. The molecule has 0 N–H and O–H groups in total. The van der Waals surface area contributed by atoms with Crippen LogP contribution in [0, 0.1) is 0 Å². The maximum atomic E-state index is 6.43. The molecule has 0 radical (unpaired) electrons. The summed E-state index contributed by atoms with van der Waals surface area (Å²) in [6.45, 7) is 0. The van der Waals surface area contributed by atoms with E-state index in [2.05, 4.69) is 102 Å². The van der Waals surface area contributed by atoms with Gasteiger partial charge in [0.2, 0.25) is 0 Å². The Kier molecular flexibility index (Phi) is 6.81. The van der Waals surface area contributed by atoms with E-state index in [1.54, 1.807) is 0 Å². The largest absolute Gasteiger partial charge is 0.456 e. The number of para-hydroxylation sites is 2. The molecule has 0 aliphatic heterocycles. The molecule has 5 nitrogen and oxygen atoms in total. The lowest BCUT2D eigenvalue weighted by atomic mass is 9.99. The minimum atomic E-state index is 0.613. The molecular formula is C46H30N4O. The van der Waals surface area contributed by atoms with E-state index in [0.717, 1.165) is 50.7 Å². The van der Waals surface area contributed by atoms with Gasteiger partial charge >= 0.3 is 0 Å². The van der Waals surface area contributed by atoms with E-state index in [1.165, 1.54) is 32.9 Å². The van der Waals surface area contributed by atoms with Gasteiger partial charge in [-0.3, -0.25) is 0 Å². The van der Waals surface area contributed by atoms with E-state index in [1.807, 2.05) is 72.8 Å². The second-order valence-electron chi connectivity index (χ2n) is 12.9.